The van der Waals surface area contributed by atoms with Gasteiger partial charge in [-0.1, -0.05) is 40.4 Å². The van der Waals surface area contributed by atoms with E-state index in [1.807, 2.05) is 6.07 Å². The van der Waals surface area contributed by atoms with Crippen LogP contribution in [-0.4, -0.2) is 0 Å². The Balaban J connectivity index is 2.02. The van der Waals surface area contributed by atoms with Crippen molar-refractivity contribution in [2.75, 3.05) is 0 Å². The summed E-state index contributed by atoms with van der Waals surface area (Å²) in [6.45, 7) is 0. The van der Waals surface area contributed by atoms with Crippen LogP contribution in [-0.2, 0) is 0 Å². The lowest BCUT2D eigenvalue weighted by Gasteiger charge is -2.06. The fourth-order valence-electron chi connectivity index (χ4n) is 1.28. The van der Waals surface area contributed by atoms with E-state index in [1.165, 1.54) is 24.1 Å². The normalized spacial score (nSPS) is 19.5. The van der Waals surface area contributed by atoms with Gasteiger partial charge >= 0.3 is 0 Å². The van der Waals surface area contributed by atoms with Crippen molar-refractivity contribution in [2.24, 2.45) is 5.92 Å². The molecule has 1 saturated carbocycles. The van der Waals surface area contributed by atoms with Gasteiger partial charge in [-0.2, -0.15) is 0 Å². The van der Waals surface area contributed by atoms with Crippen molar-refractivity contribution in [2.45, 2.75) is 24.1 Å². The Morgan fingerprint density at radius 3 is 2.92 bits per heavy atom. The Morgan fingerprint density at radius 1 is 1.67 bits per heavy atom. The molecule has 0 bridgehead atoms. The highest BCUT2D eigenvalue weighted by Gasteiger charge is 2.26. The van der Waals surface area contributed by atoms with Crippen LogP contribution in [0, 0.1) is 5.92 Å². The molecule has 1 aliphatic rings. The minimum absolute atomic E-state index is 0.484. The van der Waals surface area contributed by atoms with E-state index in [2.05, 4.69) is 21.3 Å². The molecule has 1 aliphatic carbocycles. The Hall–Kier alpha value is 0.470. The number of rotatable bonds is 3. The second kappa shape index (κ2) is 3.69. The molecule has 0 spiro atoms. The molecule has 1 unspecified atom stereocenters. The van der Waals surface area contributed by atoms with Crippen LogP contribution in [0.1, 0.15) is 29.0 Å². The summed E-state index contributed by atoms with van der Waals surface area (Å²) < 4.78 is 0. The summed E-state index contributed by atoms with van der Waals surface area (Å²) in [5, 5.41) is 2.97. The summed E-state index contributed by atoms with van der Waals surface area (Å²) in [5.74, 6) is 0.951. The monoisotopic (exact) mass is 264 g/mol. The lowest BCUT2D eigenvalue weighted by atomic mass is 10.2. The quantitative estimate of drug-likeness (QED) is 0.699. The van der Waals surface area contributed by atoms with Crippen LogP contribution in [0.4, 0.5) is 0 Å². The zero-order chi connectivity index (χ0) is 8.55. The third kappa shape index (κ3) is 2.04. The van der Waals surface area contributed by atoms with Gasteiger partial charge in [0.2, 0.25) is 0 Å². The molecule has 0 amide bonds. The maximum atomic E-state index is 6.02. The third-order valence-electron chi connectivity index (χ3n) is 2.17. The van der Waals surface area contributed by atoms with Crippen molar-refractivity contribution < 1.29 is 0 Å². The molecule has 1 atom stereocenters. The Bertz CT molecular complexity index is 267. The largest absolute Gasteiger partial charge is 0.146 e. The maximum absolute atomic E-state index is 6.02. The van der Waals surface area contributed by atoms with E-state index in [4.69, 9.17) is 11.6 Å². The van der Waals surface area contributed by atoms with Crippen LogP contribution in [0.15, 0.2) is 11.4 Å². The summed E-state index contributed by atoms with van der Waals surface area (Å²) in [6, 6.07) is 1.97. The molecule has 1 heterocycles. The van der Waals surface area contributed by atoms with E-state index in [-0.39, 0.29) is 0 Å². The van der Waals surface area contributed by atoms with Crippen molar-refractivity contribution in [3.8, 4) is 0 Å². The first-order chi connectivity index (χ1) is 5.77. The smallest absolute Gasteiger partial charge is 0.0556 e. The van der Waals surface area contributed by atoms with Gasteiger partial charge in [0.1, 0.15) is 0 Å². The number of hydrogen-bond acceptors (Lipinski definition) is 1. The number of hydrogen-bond donors (Lipinski definition) is 0. The maximum Gasteiger partial charge on any atom is 0.0556 e. The van der Waals surface area contributed by atoms with Crippen LogP contribution in [0.3, 0.4) is 0 Å². The highest BCUT2D eigenvalue weighted by molar-refractivity contribution is 9.09. The van der Waals surface area contributed by atoms with Gasteiger partial charge in [-0.3, -0.25) is 0 Å². The van der Waals surface area contributed by atoms with Crippen molar-refractivity contribution >= 4 is 38.9 Å². The van der Waals surface area contributed by atoms with E-state index in [1.54, 1.807) is 11.3 Å². The average molecular weight is 266 g/mol. The molecular weight excluding hydrogens is 256 g/mol. The fraction of sp³-hybridized carbons (Fsp3) is 0.556. The summed E-state index contributed by atoms with van der Waals surface area (Å²) in [4.78, 5) is 1.78. The minimum Gasteiger partial charge on any atom is -0.146 e. The van der Waals surface area contributed by atoms with Gasteiger partial charge in [0.15, 0.2) is 0 Å². The SMILES string of the molecule is Clc1ccsc1C(Br)CC1CC1. The third-order valence-corrected chi connectivity index (χ3v) is 4.77. The molecule has 0 radical (unpaired) electrons. The molecule has 12 heavy (non-hydrogen) atoms. The van der Waals surface area contributed by atoms with Gasteiger partial charge in [-0.05, 0) is 23.8 Å². The predicted molar refractivity (Wildman–Crippen MR) is 58.3 cm³/mol. The van der Waals surface area contributed by atoms with Crippen LogP contribution >= 0.6 is 38.9 Å². The molecule has 0 nitrogen and oxygen atoms in total. The van der Waals surface area contributed by atoms with Crippen LogP contribution in [0.25, 0.3) is 0 Å². The van der Waals surface area contributed by atoms with Gasteiger partial charge in [-0.15, -0.1) is 11.3 Å². The number of thiophene rings is 1. The minimum atomic E-state index is 0.484. The van der Waals surface area contributed by atoms with E-state index in [9.17, 15) is 0 Å². The van der Waals surface area contributed by atoms with Crippen LogP contribution in [0.2, 0.25) is 5.02 Å². The van der Waals surface area contributed by atoms with Crippen molar-refractivity contribution in [3.63, 3.8) is 0 Å². The number of alkyl halides is 1. The predicted octanol–water partition coefficient (Wildman–Crippen LogP) is 4.64. The summed E-state index contributed by atoms with van der Waals surface area (Å²) >= 11 is 11.5. The first-order valence-electron chi connectivity index (χ1n) is 4.14. The van der Waals surface area contributed by atoms with Crippen LogP contribution in [0.5, 0.6) is 0 Å². The zero-order valence-electron chi connectivity index (χ0n) is 6.59. The zero-order valence-corrected chi connectivity index (χ0v) is 9.75. The summed E-state index contributed by atoms with van der Waals surface area (Å²) in [6.07, 6.45) is 4.07. The number of halogens is 2. The molecule has 66 valence electrons. The van der Waals surface area contributed by atoms with E-state index in [0.717, 1.165) is 10.9 Å². The second-order valence-electron chi connectivity index (χ2n) is 3.28. The molecule has 1 fully saturated rings. The summed E-state index contributed by atoms with van der Waals surface area (Å²) in [5.41, 5.74) is 0. The van der Waals surface area contributed by atoms with Gasteiger partial charge < -0.3 is 0 Å². The highest BCUT2D eigenvalue weighted by atomic mass is 79.9. The molecule has 0 aromatic carbocycles. The summed E-state index contributed by atoms with van der Waals surface area (Å²) in [7, 11) is 0. The molecule has 1 aromatic heterocycles. The molecule has 0 aliphatic heterocycles. The van der Waals surface area contributed by atoms with E-state index in [0.29, 0.717) is 4.83 Å². The standard InChI is InChI=1S/C9H10BrClS/c10-7(5-6-1-2-6)9-8(11)3-4-12-9/h3-4,6-7H,1-2,5H2. The first-order valence-corrected chi connectivity index (χ1v) is 6.31. The van der Waals surface area contributed by atoms with Gasteiger partial charge in [0, 0.05) is 4.88 Å². The molecule has 3 heteroatoms. The second-order valence-corrected chi connectivity index (χ2v) is 5.74. The van der Waals surface area contributed by atoms with Crippen molar-refractivity contribution in [1.82, 2.24) is 0 Å². The Kier molecular flexibility index (Phi) is 2.78. The molecule has 2 rings (SSSR count). The Labute approximate surface area is 90.1 Å². The lowest BCUT2D eigenvalue weighted by Crippen LogP contribution is -1.87. The van der Waals surface area contributed by atoms with Gasteiger partial charge in [0.05, 0.1) is 9.85 Å². The van der Waals surface area contributed by atoms with Gasteiger partial charge in [0.25, 0.3) is 0 Å². The van der Waals surface area contributed by atoms with E-state index >= 15 is 0 Å². The molecule has 1 aromatic rings. The van der Waals surface area contributed by atoms with E-state index < -0.39 is 0 Å². The fourth-order valence-corrected chi connectivity index (χ4v) is 3.69. The highest BCUT2D eigenvalue weighted by Crippen LogP contribution is 2.44. The average Bonchev–Trinajstić information content (AvgIpc) is 2.72. The van der Waals surface area contributed by atoms with Crippen molar-refractivity contribution in [1.29, 1.82) is 0 Å². The topological polar surface area (TPSA) is 0 Å². The lowest BCUT2D eigenvalue weighted by molar-refractivity contribution is 0.728. The Morgan fingerprint density at radius 2 is 2.42 bits per heavy atom. The van der Waals surface area contributed by atoms with Crippen LogP contribution < -0.4 is 0 Å². The van der Waals surface area contributed by atoms with Gasteiger partial charge in [-0.25, -0.2) is 0 Å². The molecule has 0 N–H and O–H groups in total. The van der Waals surface area contributed by atoms with Crippen molar-refractivity contribution in [3.05, 3.63) is 21.3 Å². The molecule has 0 saturated heterocycles. The first kappa shape index (κ1) is 9.04. The molecular formula is C9H10BrClS.